The molecule has 5 aromatic rings. The molecule has 0 aliphatic carbocycles. The molecular formula is C45H48Cl3N5O4. The van der Waals surface area contributed by atoms with Crippen molar-refractivity contribution >= 4 is 65.3 Å². The molecule has 1 atom stereocenters. The lowest BCUT2D eigenvalue weighted by Crippen LogP contribution is -2.52. The van der Waals surface area contributed by atoms with E-state index in [1.165, 1.54) is 22.4 Å². The van der Waals surface area contributed by atoms with Crippen molar-refractivity contribution in [1.29, 1.82) is 0 Å². The Labute approximate surface area is 351 Å². The van der Waals surface area contributed by atoms with E-state index in [2.05, 4.69) is 56.6 Å². The van der Waals surface area contributed by atoms with Gasteiger partial charge in [0, 0.05) is 97.0 Å². The van der Waals surface area contributed by atoms with Gasteiger partial charge in [-0.15, -0.1) is 24.8 Å². The molecule has 0 bridgehead atoms. The van der Waals surface area contributed by atoms with Crippen LogP contribution >= 0.6 is 36.4 Å². The fraction of sp³-hybridized carbons (Fsp3) is 0.333. The van der Waals surface area contributed by atoms with E-state index in [0.29, 0.717) is 41.6 Å². The van der Waals surface area contributed by atoms with Gasteiger partial charge < -0.3 is 24.2 Å². The summed E-state index contributed by atoms with van der Waals surface area (Å²) in [7, 11) is 2.09. The van der Waals surface area contributed by atoms with Gasteiger partial charge in [-0.05, 0) is 116 Å². The minimum atomic E-state index is -0.151. The largest absolute Gasteiger partial charge is 0.508 e. The first-order chi connectivity index (χ1) is 26.8. The molecular weight excluding hydrogens is 781 g/mol. The molecule has 9 nitrogen and oxygen atoms in total. The van der Waals surface area contributed by atoms with Gasteiger partial charge in [0.2, 0.25) is 0 Å². The Morgan fingerprint density at radius 2 is 1.56 bits per heavy atom. The maximum Gasteiger partial charge on any atom is 0.264 e. The molecule has 2 amide bonds. The number of morpholine rings is 1. The van der Waals surface area contributed by atoms with Crippen LogP contribution in [0.15, 0.2) is 91.0 Å². The molecule has 1 aromatic heterocycles. The van der Waals surface area contributed by atoms with E-state index in [1.807, 2.05) is 30.3 Å². The van der Waals surface area contributed by atoms with Gasteiger partial charge in [-0.25, -0.2) is 0 Å². The normalized spacial score (nSPS) is 17.5. The second-order valence-corrected chi connectivity index (χ2v) is 15.7. The van der Waals surface area contributed by atoms with Crippen molar-refractivity contribution < 1.29 is 19.4 Å². The van der Waals surface area contributed by atoms with Gasteiger partial charge in [-0.2, -0.15) is 0 Å². The second-order valence-electron chi connectivity index (χ2n) is 15.3. The van der Waals surface area contributed by atoms with E-state index < -0.39 is 0 Å². The van der Waals surface area contributed by atoms with E-state index in [4.69, 9.17) is 16.3 Å². The molecule has 0 unspecified atom stereocenters. The number of hydrogen-bond acceptors (Lipinski definition) is 6. The molecule has 1 N–H and O–H groups in total. The molecule has 57 heavy (non-hydrogen) atoms. The van der Waals surface area contributed by atoms with Crippen molar-refractivity contribution in [2.45, 2.75) is 51.2 Å². The van der Waals surface area contributed by atoms with Gasteiger partial charge in [0.15, 0.2) is 0 Å². The summed E-state index contributed by atoms with van der Waals surface area (Å²) in [5.41, 5.74) is 10.00. The van der Waals surface area contributed by atoms with Crippen LogP contribution in [0.3, 0.4) is 0 Å². The Kier molecular flexibility index (Phi) is 12.2. The Hall–Kier alpha value is -4.51. The number of aromatic nitrogens is 1. The average Bonchev–Trinajstić information content (AvgIpc) is 3.79. The van der Waals surface area contributed by atoms with E-state index in [1.54, 1.807) is 35.2 Å². The zero-order valence-corrected chi connectivity index (χ0v) is 34.4. The molecule has 12 heteroatoms. The van der Waals surface area contributed by atoms with Crippen molar-refractivity contribution in [2.75, 3.05) is 56.2 Å². The van der Waals surface area contributed by atoms with Crippen LogP contribution in [0, 0.1) is 0 Å². The smallest absolute Gasteiger partial charge is 0.264 e. The van der Waals surface area contributed by atoms with Crippen LogP contribution in [0.5, 0.6) is 5.75 Å². The maximum absolute atomic E-state index is 15.1. The maximum atomic E-state index is 15.1. The number of nitrogens with zero attached hydrogens (tertiary/aromatic N) is 5. The molecule has 0 spiro atoms. The number of phenols is 1. The second kappa shape index (κ2) is 17.1. The van der Waals surface area contributed by atoms with Gasteiger partial charge in [-0.1, -0.05) is 35.9 Å². The standard InChI is InChI=1S/C45H46ClN5O4.2ClH/c1-47-19-17-31-25-35(12-16-41(31)47)51(34-10-13-37(52)14-11-34)45(54)40-27-43(49-18-5-4-8-42(40)49)39-26-33(46)9-15-38(39)44(53)50-28-32-7-3-2-6-30(32)24-36(50)29-48-20-22-55-23-21-48;;/h2-3,6-7,9-16,25-27,36,52H,4-5,8,17-24,28-29H2,1H3;2*1H/t36-;;/m0../s1. The van der Waals surface area contributed by atoms with Crippen molar-refractivity contribution in [3.8, 4) is 17.0 Å². The third-order valence-corrected chi connectivity index (χ3v) is 12.2. The number of benzene rings is 4. The first-order valence-electron chi connectivity index (χ1n) is 19.5. The van der Waals surface area contributed by atoms with Crippen LogP contribution in [0.4, 0.5) is 17.1 Å². The number of carbonyl (C=O) groups is 2. The lowest BCUT2D eigenvalue weighted by molar-refractivity contribution is 0.0193. The van der Waals surface area contributed by atoms with Crippen LogP contribution in [0.1, 0.15) is 55.9 Å². The van der Waals surface area contributed by atoms with Crippen molar-refractivity contribution in [3.05, 3.63) is 130 Å². The lowest BCUT2D eigenvalue weighted by Gasteiger charge is -2.40. The molecule has 4 aliphatic rings. The summed E-state index contributed by atoms with van der Waals surface area (Å²) in [6.45, 7) is 6.07. The molecule has 1 saturated heterocycles. The van der Waals surface area contributed by atoms with Crippen LogP contribution in [-0.2, 0) is 37.1 Å². The third kappa shape index (κ3) is 7.88. The number of anilines is 3. The number of fused-ring (bicyclic) bond motifs is 3. The molecule has 298 valence electrons. The zero-order valence-electron chi connectivity index (χ0n) is 32.0. The molecule has 0 saturated carbocycles. The van der Waals surface area contributed by atoms with E-state index in [9.17, 15) is 5.11 Å². The number of aromatic hydroxyl groups is 1. The molecule has 1 fully saturated rings. The molecule has 4 aromatic carbocycles. The van der Waals surface area contributed by atoms with Gasteiger partial charge in [0.05, 0.1) is 18.8 Å². The van der Waals surface area contributed by atoms with Gasteiger partial charge in [-0.3, -0.25) is 19.4 Å². The number of rotatable bonds is 7. The predicted octanol–water partition coefficient (Wildman–Crippen LogP) is 8.56. The van der Waals surface area contributed by atoms with Crippen molar-refractivity contribution in [1.82, 2.24) is 14.4 Å². The summed E-state index contributed by atoms with van der Waals surface area (Å²) in [4.78, 5) is 38.6. The van der Waals surface area contributed by atoms with Crippen LogP contribution in [-0.4, -0.2) is 83.8 Å². The zero-order chi connectivity index (χ0) is 37.6. The molecule has 4 aliphatic heterocycles. The first-order valence-corrected chi connectivity index (χ1v) is 19.9. The quantitative estimate of drug-likeness (QED) is 0.177. The Balaban J connectivity index is 0.00000248. The minimum Gasteiger partial charge on any atom is -0.508 e. The van der Waals surface area contributed by atoms with E-state index >= 15 is 9.59 Å². The number of amides is 2. The fourth-order valence-corrected chi connectivity index (χ4v) is 9.19. The highest BCUT2D eigenvalue weighted by Gasteiger charge is 2.35. The number of ether oxygens (including phenoxy) is 1. The van der Waals surface area contributed by atoms with E-state index in [-0.39, 0.29) is 48.4 Å². The van der Waals surface area contributed by atoms with Crippen molar-refractivity contribution in [3.63, 3.8) is 0 Å². The minimum absolute atomic E-state index is 0. The number of likely N-dealkylation sites (N-methyl/N-ethyl adjacent to an activating group) is 1. The van der Waals surface area contributed by atoms with E-state index in [0.717, 1.165) is 87.5 Å². The highest BCUT2D eigenvalue weighted by molar-refractivity contribution is 6.31. The highest BCUT2D eigenvalue weighted by Crippen LogP contribution is 2.40. The number of halogens is 3. The fourth-order valence-electron chi connectivity index (χ4n) is 9.02. The SMILES string of the molecule is CN1CCc2cc(N(C(=O)c3cc(-c4cc(Cl)ccc4C(=O)N4Cc5ccccc5C[C@H]4CN4CCOCC4)n4c3CCCC4)c3ccc(O)cc3)ccc21.Cl.Cl. The lowest BCUT2D eigenvalue weighted by atomic mass is 9.92. The topological polar surface area (TPSA) is 81.5 Å². The number of hydrogen-bond donors (Lipinski definition) is 1. The molecule has 5 heterocycles. The van der Waals surface area contributed by atoms with Gasteiger partial charge in [0.1, 0.15) is 5.75 Å². The number of phenolic OH excluding ortho intramolecular Hbond substituents is 1. The van der Waals surface area contributed by atoms with Crippen molar-refractivity contribution in [2.24, 2.45) is 0 Å². The van der Waals surface area contributed by atoms with Crippen LogP contribution in [0.2, 0.25) is 5.02 Å². The third-order valence-electron chi connectivity index (χ3n) is 11.9. The van der Waals surface area contributed by atoms with Crippen LogP contribution in [0.25, 0.3) is 11.3 Å². The average molecular weight is 829 g/mol. The molecule has 9 rings (SSSR count). The summed E-state index contributed by atoms with van der Waals surface area (Å²) in [5, 5.41) is 10.7. The summed E-state index contributed by atoms with van der Waals surface area (Å²) >= 11 is 6.76. The van der Waals surface area contributed by atoms with Gasteiger partial charge in [0.25, 0.3) is 11.8 Å². The molecule has 0 radical (unpaired) electrons. The Morgan fingerprint density at radius 3 is 2.35 bits per heavy atom. The Bertz CT molecular complexity index is 2270. The summed E-state index contributed by atoms with van der Waals surface area (Å²) < 4.78 is 7.88. The monoisotopic (exact) mass is 827 g/mol. The van der Waals surface area contributed by atoms with Crippen LogP contribution < -0.4 is 9.80 Å². The Morgan fingerprint density at radius 1 is 0.807 bits per heavy atom. The number of carbonyl (C=O) groups excluding carboxylic acids is 2. The summed E-state index contributed by atoms with van der Waals surface area (Å²) in [6.07, 6.45) is 4.37. The predicted molar refractivity (Wildman–Crippen MR) is 231 cm³/mol. The first kappa shape index (κ1) is 40.7. The summed E-state index contributed by atoms with van der Waals surface area (Å²) in [5.74, 6) is -0.0488. The summed E-state index contributed by atoms with van der Waals surface area (Å²) in [6, 6.07) is 29.0. The highest BCUT2D eigenvalue weighted by atomic mass is 35.5. The van der Waals surface area contributed by atoms with Gasteiger partial charge >= 0.3 is 0 Å².